The largest absolute Gasteiger partial charge is 0.330 e. The Kier molecular flexibility index (Phi) is 6.24. The molecule has 1 aliphatic rings. The first kappa shape index (κ1) is 15.3. The van der Waals surface area contributed by atoms with E-state index in [9.17, 15) is 0 Å². The second-order valence-corrected chi connectivity index (χ2v) is 5.68. The quantitative estimate of drug-likeness (QED) is 0.915. The van der Waals surface area contributed by atoms with Crippen molar-refractivity contribution >= 4 is 39.9 Å². The maximum Gasteiger partial charge on any atom is 0.0462 e. The van der Waals surface area contributed by atoms with E-state index in [0.717, 1.165) is 35.7 Å². The van der Waals surface area contributed by atoms with E-state index in [1.807, 2.05) is 12.1 Å². The maximum atomic E-state index is 6.20. The van der Waals surface area contributed by atoms with Crippen LogP contribution in [0.4, 0.5) is 0 Å². The molecule has 2 rings (SSSR count). The lowest BCUT2D eigenvalue weighted by atomic mass is 10.1. The van der Waals surface area contributed by atoms with Gasteiger partial charge in [0.1, 0.15) is 0 Å². The molecule has 0 amide bonds. The molecule has 1 heterocycles. The zero-order valence-electron chi connectivity index (χ0n) is 9.53. The Bertz CT molecular complexity index is 374. The van der Waals surface area contributed by atoms with Gasteiger partial charge in [-0.15, -0.1) is 12.4 Å². The SMILES string of the molecule is Cl.NCC1CCN(Cc2ccc(Br)cc2Cl)C1. The monoisotopic (exact) mass is 338 g/mol. The van der Waals surface area contributed by atoms with Crippen LogP contribution in [0.3, 0.4) is 0 Å². The summed E-state index contributed by atoms with van der Waals surface area (Å²) in [4.78, 5) is 2.42. The van der Waals surface area contributed by atoms with E-state index in [4.69, 9.17) is 17.3 Å². The predicted molar refractivity (Wildman–Crippen MR) is 78.8 cm³/mol. The highest BCUT2D eigenvalue weighted by molar-refractivity contribution is 9.10. The lowest BCUT2D eigenvalue weighted by Gasteiger charge is -2.16. The fraction of sp³-hybridized carbons (Fsp3) is 0.500. The fourth-order valence-corrected chi connectivity index (χ4v) is 2.87. The van der Waals surface area contributed by atoms with Gasteiger partial charge in [-0.3, -0.25) is 4.90 Å². The van der Waals surface area contributed by atoms with Crippen molar-refractivity contribution < 1.29 is 0 Å². The molecule has 1 fully saturated rings. The third-order valence-electron chi connectivity index (χ3n) is 3.11. The molecule has 1 unspecified atom stereocenters. The first-order valence-electron chi connectivity index (χ1n) is 5.55. The van der Waals surface area contributed by atoms with Crippen LogP contribution < -0.4 is 5.73 Å². The number of halogens is 3. The predicted octanol–water partition coefficient (Wildman–Crippen LogP) is 3.30. The van der Waals surface area contributed by atoms with Crippen LogP contribution in [0.25, 0.3) is 0 Å². The summed E-state index contributed by atoms with van der Waals surface area (Å²) < 4.78 is 1.03. The maximum absolute atomic E-state index is 6.20. The molecule has 0 bridgehead atoms. The Morgan fingerprint density at radius 1 is 1.47 bits per heavy atom. The molecule has 1 saturated heterocycles. The first-order valence-corrected chi connectivity index (χ1v) is 6.72. The van der Waals surface area contributed by atoms with Crippen molar-refractivity contribution in [2.75, 3.05) is 19.6 Å². The van der Waals surface area contributed by atoms with E-state index in [1.54, 1.807) is 0 Å². The minimum absolute atomic E-state index is 0. The zero-order valence-corrected chi connectivity index (χ0v) is 12.7. The molecular weight excluding hydrogens is 323 g/mol. The summed E-state index contributed by atoms with van der Waals surface area (Å²) in [5, 5.41) is 0.838. The van der Waals surface area contributed by atoms with E-state index in [1.165, 1.54) is 12.0 Å². The molecule has 17 heavy (non-hydrogen) atoms. The second kappa shape index (κ2) is 6.95. The minimum atomic E-state index is 0. The molecule has 0 saturated carbocycles. The van der Waals surface area contributed by atoms with Crippen LogP contribution >= 0.6 is 39.9 Å². The molecule has 1 atom stereocenters. The number of nitrogens with zero attached hydrogens (tertiary/aromatic N) is 1. The van der Waals surface area contributed by atoms with Gasteiger partial charge in [-0.05, 0) is 43.1 Å². The fourth-order valence-electron chi connectivity index (χ4n) is 2.14. The van der Waals surface area contributed by atoms with E-state index in [2.05, 4.69) is 26.9 Å². The van der Waals surface area contributed by atoms with Crippen molar-refractivity contribution in [3.63, 3.8) is 0 Å². The number of hydrogen-bond donors (Lipinski definition) is 1. The smallest absolute Gasteiger partial charge is 0.0462 e. The van der Waals surface area contributed by atoms with E-state index >= 15 is 0 Å². The van der Waals surface area contributed by atoms with Crippen LogP contribution in [0.1, 0.15) is 12.0 Å². The highest BCUT2D eigenvalue weighted by Gasteiger charge is 2.21. The standard InChI is InChI=1S/C12H16BrClN2.ClH/c13-11-2-1-10(12(14)5-11)8-16-4-3-9(6-15)7-16;/h1-2,5,9H,3-4,6-8,15H2;1H. The van der Waals surface area contributed by atoms with Crippen LogP contribution in [0.2, 0.25) is 5.02 Å². The molecule has 1 aliphatic heterocycles. The third-order valence-corrected chi connectivity index (χ3v) is 3.96. The minimum Gasteiger partial charge on any atom is -0.330 e. The Labute approximate surface area is 122 Å². The molecule has 0 radical (unpaired) electrons. The van der Waals surface area contributed by atoms with Gasteiger partial charge >= 0.3 is 0 Å². The van der Waals surface area contributed by atoms with Crippen LogP contribution in [-0.2, 0) is 6.54 Å². The summed E-state index contributed by atoms with van der Waals surface area (Å²) in [6.45, 7) is 3.96. The topological polar surface area (TPSA) is 29.3 Å². The van der Waals surface area contributed by atoms with Gasteiger partial charge < -0.3 is 5.73 Å². The van der Waals surface area contributed by atoms with Gasteiger partial charge in [-0.2, -0.15) is 0 Å². The average Bonchev–Trinajstić information content (AvgIpc) is 2.70. The summed E-state index contributed by atoms with van der Waals surface area (Å²) >= 11 is 9.61. The Hall–Kier alpha value is 0.200. The molecule has 1 aromatic rings. The highest BCUT2D eigenvalue weighted by Crippen LogP contribution is 2.24. The average molecular weight is 340 g/mol. The lowest BCUT2D eigenvalue weighted by molar-refractivity contribution is 0.318. The first-order chi connectivity index (χ1) is 7.69. The van der Waals surface area contributed by atoms with Crippen LogP contribution in [0.5, 0.6) is 0 Å². The van der Waals surface area contributed by atoms with E-state index in [-0.39, 0.29) is 12.4 Å². The van der Waals surface area contributed by atoms with Gasteiger partial charge in [0.05, 0.1) is 0 Å². The third kappa shape index (κ3) is 4.11. The van der Waals surface area contributed by atoms with Crippen molar-refractivity contribution in [2.45, 2.75) is 13.0 Å². The molecule has 96 valence electrons. The summed E-state index contributed by atoms with van der Waals surface area (Å²) in [5.41, 5.74) is 6.88. The van der Waals surface area contributed by atoms with Gasteiger partial charge in [0.25, 0.3) is 0 Å². The summed E-state index contributed by atoms with van der Waals surface area (Å²) in [7, 11) is 0. The van der Waals surface area contributed by atoms with Crippen LogP contribution in [-0.4, -0.2) is 24.5 Å². The van der Waals surface area contributed by atoms with Gasteiger partial charge in [0.15, 0.2) is 0 Å². The van der Waals surface area contributed by atoms with Crippen molar-refractivity contribution in [3.05, 3.63) is 33.3 Å². The van der Waals surface area contributed by atoms with Crippen molar-refractivity contribution in [3.8, 4) is 0 Å². The van der Waals surface area contributed by atoms with Gasteiger partial charge in [0, 0.05) is 22.6 Å². The lowest BCUT2D eigenvalue weighted by Crippen LogP contribution is -2.22. The highest BCUT2D eigenvalue weighted by atomic mass is 79.9. The molecule has 1 aromatic carbocycles. The molecular formula is C12H17BrCl2N2. The Morgan fingerprint density at radius 3 is 2.82 bits per heavy atom. The Morgan fingerprint density at radius 2 is 2.24 bits per heavy atom. The van der Waals surface area contributed by atoms with Crippen molar-refractivity contribution in [2.24, 2.45) is 11.7 Å². The normalized spacial score (nSPS) is 20.3. The summed E-state index contributed by atoms with van der Waals surface area (Å²) in [6.07, 6.45) is 1.21. The molecule has 2 nitrogen and oxygen atoms in total. The van der Waals surface area contributed by atoms with Crippen molar-refractivity contribution in [1.29, 1.82) is 0 Å². The van der Waals surface area contributed by atoms with Crippen LogP contribution in [0.15, 0.2) is 22.7 Å². The number of rotatable bonds is 3. The van der Waals surface area contributed by atoms with Crippen molar-refractivity contribution in [1.82, 2.24) is 4.90 Å². The Balaban J connectivity index is 0.00000144. The number of likely N-dealkylation sites (tertiary alicyclic amines) is 1. The summed E-state index contributed by atoms with van der Waals surface area (Å²) in [5.74, 6) is 0.661. The van der Waals surface area contributed by atoms with Gasteiger partial charge in [-0.1, -0.05) is 33.6 Å². The molecule has 2 N–H and O–H groups in total. The van der Waals surface area contributed by atoms with E-state index in [0.29, 0.717) is 5.92 Å². The molecule has 0 aromatic heterocycles. The second-order valence-electron chi connectivity index (χ2n) is 4.36. The summed E-state index contributed by atoms with van der Waals surface area (Å²) in [6, 6.07) is 6.08. The van der Waals surface area contributed by atoms with E-state index < -0.39 is 0 Å². The number of benzene rings is 1. The van der Waals surface area contributed by atoms with Gasteiger partial charge in [-0.25, -0.2) is 0 Å². The number of hydrogen-bond acceptors (Lipinski definition) is 2. The van der Waals surface area contributed by atoms with Gasteiger partial charge in [0.2, 0.25) is 0 Å². The molecule has 5 heteroatoms. The zero-order chi connectivity index (χ0) is 11.5. The molecule has 0 spiro atoms. The van der Waals surface area contributed by atoms with Crippen LogP contribution in [0, 0.1) is 5.92 Å². The number of nitrogens with two attached hydrogens (primary N) is 1. The molecule has 0 aliphatic carbocycles.